The van der Waals surface area contributed by atoms with Crippen molar-refractivity contribution in [2.75, 3.05) is 5.88 Å². The summed E-state index contributed by atoms with van der Waals surface area (Å²) in [5.74, 6) is 0.665. The summed E-state index contributed by atoms with van der Waals surface area (Å²) < 4.78 is 0. The summed E-state index contributed by atoms with van der Waals surface area (Å²) in [6.45, 7) is 2.21. The van der Waals surface area contributed by atoms with Crippen molar-refractivity contribution in [3.05, 3.63) is 0 Å². The van der Waals surface area contributed by atoms with E-state index in [2.05, 4.69) is 12.2 Å². The summed E-state index contributed by atoms with van der Waals surface area (Å²) in [6, 6.07) is 0.355. The van der Waals surface area contributed by atoms with E-state index in [1.807, 2.05) is 0 Å². The third-order valence-electron chi connectivity index (χ3n) is 2.83. The fourth-order valence-corrected chi connectivity index (χ4v) is 2.03. The van der Waals surface area contributed by atoms with E-state index in [9.17, 15) is 4.79 Å². The van der Waals surface area contributed by atoms with Gasteiger partial charge in [-0.2, -0.15) is 0 Å². The van der Waals surface area contributed by atoms with Gasteiger partial charge in [0.2, 0.25) is 5.91 Å². The average molecular weight is 204 g/mol. The number of amides is 1. The molecule has 3 heteroatoms. The van der Waals surface area contributed by atoms with E-state index in [4.69, 9.17) is 11.6 Å². The van der Waals surface area contributed by atoms with Crippen LogP contribution in [0.1, 0.15) is 39.0 Å². The summed E-state index contributed by atoms with van der Waals surface area (Å²) in [7, 11) is 0. The van der Waals surface area contributed by atoms with Gasteiger partial charge in [-0.1, -0.05) is 26.2 Å². The van der Waals surface area contributed by atoms with Crippen LogP contribution in [0.5, 0.6) is 0 Å². The van der Waals surface area contributed by atoms with E-state index in [-0.39, 0.29) is 11.8 Å². The molecule has 1 rings (SSSR count). The highest BCUT2D eigenvalue weighted by Gasteiger charge is 2.20. The van der Waals surface area contributed by atoms with Crippen LogP contribution in [0.15, 0.2) is 0 Å². The SMILES string of the molecule is CC1CCCCCC1NC(=O)CCl. The lowest BCUT2D eigenvalue weighted by atomic mass is 9.97. The fourth-order valence-electron chi connectivity index (χ4n) is 1.95. The molecule has 1 aliphatic rings. The maximum absolute atomic E-state index is 11.1. The molecule has 76 valence electrons. The summed E-state index contributed by atoms with van der Waals surface area (Å²) in [5.41, 5.74) is 0. The van der Waals surface area contributed by atoms with Crippen molar-refractivity contribution >= 4 is 17.5 Å². The molecule has 0 aromatic carbocycles. The molecule has 0 aromatic heterocycles. The molecule has 0 radical (unpaired) electrons. The molecule has 1 amide bonds. The molecule has 1 saturated carbocycles. The Morgan fingerprint density at radius 3 is 2.77 bits per heavy atom. The fraction of sp³-hybridized carbons (Fsp3) is 0.900. The molecule has 0 aromatic rings. The van der Waals surface area contributed by atoms with Crippen molar-refractivity contribution < 1.29 is 4.79 Å². The first-order valence-corrected chi connectivity index (χ1v) is 5.63. The molecule has 0 saturated heterocycles. The molecule has 0 heterocycles. The Morgan fingerprint density at radius 1 is 1.38 bits per heavy atom. The minimum absolute atomic E-state index is 0.0274. The van der Waals surface area contributed by atoms with Gasteiger partial charge in [0, 0.05) is 6.04 Å². The number of nitrogens with one attached hydrogen (secondary N) is 1. The molecule has 2 nitrogen and oxygen atoms in total. The second-order valence-electron chi connectivity index (χ2n) is 3.92. The smallest absolute Gasteiger partial charge is 0.235 e. The third-order valence-corrected chi connectivity index (χ3v) is 3.07. The van der Waals surface area contributed by atoms with Crippen molar-refractivity contribution in [1.29, 1.82) is 0 Å². The van der Waals surface area contributed by atoms with Crippen LogP contribution in [-0.2, 0) is 4.79 Å². The zero-order valence-electron chi connectivity index (χ0n) is 8.18. The van der Waals surface area contributed by atoms with Crippen LogP contribution in [0.2, 0.25) is 0 Å². The zero-order chi connectivity index (χ0) is 9.68. The van der Waals surface area contributed by atoms with Crippen LogP contribution in [-0.4, -0.2) is 17.8 Å². The van der Waals surface area contributed by atoms with Gasteiger partial charge in [0.25, 0.3) is 0 Å². The van der Waals surface area contributed by atoms with Crippen LogP contribution >= 0.6 is 11.6 Å². The highest BCUT2D eigenvalue weighted by atomic mass is 35.5. The second-order valence-corrected chi connectivity index (χ2v) is 4.19. The summed E-state index contributed by atoms with van der Waals surface area (Å²) >= 11 is 5.45. The Morgan fingerprint density at radius 2 is 2.08 bits per heavy atom. The van der Waals surface area contributed by atoms with Crippen molar-refractivity contribution in [1.82, 2.24) is 5.32 Å². The van der Waals surface area contributed by atoms with Crippen molar-refractivity contribution in [2.45, 2.75) is 45.1 Å². The van der Waals surface area contributed by atoms with E-state index in [0.717, 1.165) is 6.42 Å². The molecular weight excluding hydrogens is 186 g/mol. The number of rotatable bonds is 2. The van der Waals surface area contributed by atoms with Gasteiger partial charge in [0.1, 0.15) is 5.88 Å². The van der Waals surface area contributed by atoms with Gasteiger partial charge in [0.15, 0.2) is 0 Å². The number of carbonyl (C=O) groups excluding carboxylic acids is 1. The lowest BCUT2D eigenvalue weighted by Gasteiger charge is -2.22. The number of carbonyl (C=O) groups is 1. The van der Waals surface area contributed by atoms with Gasteiger partial charge in [-0.05, 0) is 18.8 Å². The molecule has 13 heavy (non-hydrogen) atoms. The van der Waals surface area contributed by atoms with Gasteiger partial charge in [-0.15, -0.1) is 11.6 Å². The molecule has 2 atom stereocenters. The maximum Gasteiger partial charge on any atom is 0.235 e. The largest absolute Gasteiger partial charge is 0.352 e. The Hall–Kier alpha value is -0.240. The van der Waals surface area contributed by atoms with Gasteiger partial charge >= 0.3 is 0 Å². The Labute approximate surface area is 85.0 Å². The van der Waals surface area contributed by atoms with Crippen LogP contribution in [0, 0.1) is 5.92 Å². The number of hydrogen-bond acceptors (Lipinski definition) is 1. The van der Waals surface area contributed by atoms with Crippen LogP contribution in [0.25, 0.3) is 0 Å². The van der Waals surface area contributed by atoms with Crippen LogP contribution in [0.3, 0.4) is 0 Å². The minimum atomic E-state index is -0.0274. The lowest BCUT2D eigenvalue weighted by Crippen LogP contribution is -2.39. The lowest BCUT2D eigenvalue weighted by molar-refractivity contribution is -0.119. The number of hydrogen-bond donors (Lipinski definition) is 1. The van der Waals surface area contributed by atoms with E-state index in [0.29, 0.717) is 12.0 Å². The summed E-state index contributed by atoms with van der Waals surface area (Å²) in [4.78, 5) is 11.1. The Balaban J connectivity index is 2.40. The summed E-state index contributed by atoms with van der Waals surface area (Å²) in [5, 5.41) is 2.99. The van der Waals surface area contributed by atoms with E-state index in [1.165, 1.54) is 25.7 Å². The topological polar surface area (TPSA) is 29.1 Å². The molecule has 1 fully saturated rings. The van der Waals surface area contributed by atoms with E-state index in [1.54, 1.807) is 0 Å². The van der Waals surface area contributed by atoms with Gasteiger partial charge in [0.05, 0.1) is 0 Å². The first-order valence-electron chi connectivity index (χ1n) is 5.09. The monoisotopic (exact) mass is 203 g/mol. The predicted octanol–water partition coefficient (Wildman–Crippen LogP) is 2.31. The zero-order valence-corrected chi connectivity index (χ0v) is 8.94. The molecule has 0 bridgehead atoms. The number of halogens is 1. The Kier molecular flexibility index (Phi) is 4.57. The quantitative estimate of drug-likeness (QED) is 0.542. The molecular formula is C10H18ClNO. The van der Waals surface area contributed by atoms with E-state index >= 15 is 0 Å². The van der Waals surface area contributed by atoms with E-state index < -0.39 is 0 Å². The molecule has 0 aliphatic heterocycles. The Bertz CT molecular complexity index is 172. The highest BCUT2D eigenvalue weighted by molar-refractivity contribution is 6.27. The van der Waals surface area contributed by atoms with Crippen LogP contribution < -0.4 is 5.32 Å². The van der Waals surface area contributed by atoms with Crippen molar-refractivity contribution in [3.8, 4) is 0 Å². The van der Waals surface area contributed by atoms with Gasteiger partial charge < -0.3 is 5.32 Å². The predicted molar refractivity (Wildman–Crippen MR) is 54.9 cm³/mol. The normalized spacial score (nSPS) is 29.4. The maximum atomic E-state index is 11.1. The molecule has 1 aliphatic carbocycles. The van der Waals surface area contributed by atoms with Crippen molar-refractivity contribution in [3.63, 3.8) is 0 Å². The van der Waals surface area contributed by atoms with Crippen LogP contribution in [0.4, 0.5) is 0 Å². The highest BCUT2D eigenvalue weighted by Crippen LogP contribution is 2.22. The van der Waals surface area contributed by atoms with Gasteiger partial charge in [-0.3, -0.25) is 4.79 Å². The third kappa shape index (κ3) is 3.55. The molecule has 1 N–H and O–H groups in total. The minimum Gasteiger partial charge on any atom is -0.352 e. The number of alkyl halides is 1. The van der Waals surface area contributed by atoms with Crippen molar-refractivity contribution in [2.24, 2.45) is 5.92 Å². The molecule has 0 spiro atoms. The standard InChI is InChI=1S/C10H18ClNO/c1-8-5-3-2-4-6-9(8)12-10(13)7-11/h8-9H,2-7H2,1H3,(H,12,13). The molecule has 2 unspecified atom stereocenters. The van der Waals surface area contributed by atoms with Gasteiger partial charge in [-0.25, -0.2) is 0 Å². The first kappa shape index (κ1) is 10.8. The summed E-state index contributed by atoms with van der Waals surface area (Å²) in [6.07, 6.45) is 6.18. The first-order chi connectivity index (χ1) is 6.24. The average Bonchev–Trinajstić information content (AvgIpc) is 2.32. The second kappa shape index (κ2) is 5.48.